The molecule has 174 valence electrons. The summed E-state index contributed by atoms with van der Waals surface area (Å²) in [6.45, 7) is 2.68. The van der Waals surface area contributed by atoms with Crippen LogP contribution in [0.3, 0.4) is 0 Å². The van der Waals surface area contributed by atoms with Crippen molar-refractivity contribution in [3.05, 3.63) is 88.8 Å². The van der Waals surface area contributed by atoms with Gasteiger partial charge in [-0.3, -0.25) is 14.6 Å². The molecular formula is C24H18F3N3O4. The van der Waals surface area contributed by atoms with E-state index in [-0.39, 0.29) is 17.0 Å². The fourth-order valence-corrected chi connectivity index (χ4v) is 3.76. The average Bonchev–Trinajstić information content (AvgIpc) is 2.77. The Kier molecular flexibility index (Phi) is 6.58. The zero-order valence-corrected chi connectivity index (χ0v) is 18.0. The third-order valence-corrected chi connectivity index (χ3v) is 5.23. The van der Waals surface area contributed by atoms with Crippen molar-refractivity contribution in [3.63, 3.8) is 0 Å². The van der Waals surface area contributed by atoms with Gasteiger partial charge in [-0.2, -0.15) is 18.4 Å². The van der Waals surface area contributed by atoms with Gasteiger partial charge in [0.05, 0.1) is 28.9 Å². The number of nitrogens with zero attached hydrogens (tertiary/aromatic N) is 3. The van der Waals surface area contributed by atoms with Crippen LogP contribution in [0.5, 0.6) is 0 Å². The van der Waals surface area contributed by atoms with Gasteiger partial charge in [0.2, 0.25) is 0 Å². The average molecular weight is 469 g/mol. The first-order valence-corrected chi connectivity index (χ1v) is 9.88. The highest BCUT2D eigenvalue weighted by Gasteiger charge is 2.41. The lowest BCUT2D eigenvalue weighted by atomic mass is 9.90. The third kappa shape index (κ3) is 4.68. The number of Topliss-reactive ketones (excluding diaryl/α,β-unsaturated/α-hetero) is 1. The Hall–Kier alpha value is -4.39. The summed E-state index contributed by atoms with van der Waals surface area (Å²) in [6.07, 6.45) is -3.01. The minimum absolute atomic E-state index is 0.0803. The number of hydrogen-bond donors (Lipinski definition) is 1. The summed E-state index contributed by atoms with van der Waals surface area (Å²) in [4.78, 5) is 39.3. The Morgan fingerprint density at radius 1 is 1.15 bits per heavy atom. The van der Waals surface area contributed by atoms with Crippen molar-refractivity contribution in [2.24, 2.45) is 0 Å². The topological polar surface area (TPSA) is 102 Å². The van der Waals surface area contributed by atoms with E-state index >= 15 is 0 Å². The number of halogens is 3. The molecule has 1 atom stereocenters. The number of benzene rings is 2. The molecule has 7 nitrogen and oxygen atoms in total. The number of carbonyl (C=O) groups is 3. The maximum absolute atomic E-state index is 13.5. The van der Waals surface area contributed by atoms with E-state index in [2.05, 4.69) is 0 Å². The van der Waals surface area contributed by atoms with Crippen LogP contribution < -0.4 is 4.90 Å². The van der Waals surface area contributed by atoms with Crippen LogP contribution in [0, 0.1) is 11.3 Å². The van der Waals surface area contributed by atoms with E-state index in [1.54, 1.807) is 0 Å². The summed E-state index contributed by atoms with van der Waals surface area (Å²) < 4.78 is 39.9. The highest BCUT2D eigenvalue weighted by Crippen LogP contribution is 2.41. The van der Waals surface area contributed by atoms with Gasteiger partial charge >= 0.3 is 18.2 Å². The molecule has 3 rings (SSSR count). The fourth-order valence-electron chi connectivity index (χ4n) is 3.76. The first-order valence-electron chi connectivity index (χ1n) is 9.88. The van der Waals surface area contributed by atoms with E-state index in [9.17, 15) is 27.6 Å². The predicted octanol–water partition coefficient (Wildman–Crippen LogP) is 5.02. The van der Waals surface area contributed by atoms with Crippen LogP contribution in [0.1, 0.15) is 36.6 Å². The number of carboxylic acids is 1. The van der Waals surface area contributed by atoms with E-state index in [1.807, 2.05) is 6.07 Å². The Balaban J connectivity index is 2.27. The summed E-state index contributed by atoms with van der Waals surface area (Å²) in [5, 5.41) is 18.2. The smallest absolute Gasteiger partial charge is 0.416 e. The van der Waals surface area contributed by atoms with E-state index in [1.165, 1.54) is 44.2 Å². The molecule has 1 N–H and O–H groups in total. The molecule has 0 saturated carbocycles. The van der Waals surface area contributed by atoms with Gasteiger partial charge in [0.1, 0.15) is 0 Å². The number of allylic oxidation sites excluding steroid dienone is 1. The lowest BCUT2D eigenvalue weighted by molar-refractivity contribution is -0.137. The van der Waals surface area contributed by atoms with Crippen molar-refractivity contribution in [1.29, 1.82) is 5.26 Å². The van der Waals surface area contributed by atoms with Crippen LogP contribution in [-0.4, -0.2) is 27.8 Å². The minimum Gasteiger partial charge on any atom is -0.478 e. The van der Waals surface area contributed by atoms with Gasteiger partial charge in [-0.1, -0.05) is 18.2 Å². The Bertz CT molecular complexity index is 1260. The molecule has 2 aromatic rings. The summed E-state index contributed by atoms with van der Waals surface area (Å²) in [7, 11) is 0. The first kappa shape index (κ1) is 24.3. The second kappa shape index (κ2) is 9.23. The molecule has 2 amide bonds. The number of urea groups is 1. The molecular weight excluding hydrogens is 451 g/mol. The Labute approximate surface area is 192 Å². The molecule has 1 heterocycles. The van der Waals surface area contributed by atoms with E-state index in [0.717, 1.165) is 34.2 Å². The largest absolute Gasteiger partial charge is 0.478 e. The summed E-state index contributed by atoms with van der Waals surface area (Å²) in [5.74, 6) is -1.84. The van der Waals surface area contributed by atoms with Gasteiger partial charge < -0.3 is 5.11 Å². The van der Waals surface area contributed by atoms with E-state index in [4.69, 9.17) is 10.4 Å². The molecule has 1 aliphatic heterocycles. The number of alkyl halides is 3. The van der Waals surface area contributed by atoms with Gasteiger partial charge in [-0.25, -0.2) is 9.59 Å². The van der Waals surface area contributed by atoms with E-state index in [0.29, 0.717) is 17.2 Å². The van der Waals surface area contributed by atoms with Crippen molar-refractivity contribution >= 4 is 23.5 Å². The third-order valence-electron chi connectivity index (χ3n) is 5.23. The molecule has 1 unspecified atom stereocenters. The van der Waals surface area contributed by atoms with Crippen LogP contribution in [0.2, 0.25) is 0 Å². The van der Waals surface area contributed by atoms with Crippen molar-refractivity contribution in [3.8, 4) is 6.07 Å². The highest BCUT2D eigenvalue weighted by molar-refractivity contribution is 6.05. The highest BCUT2D eigenvalue weighted by atomic mass is 19.4. The molecule has 0 bridgehead atoms. The molecule has 2 aromatic carbocycles. The number of anilines is 1. The molecule has 0 spiro atoms. The number of carboxylic acid groups (broad SMARTS) is 1. The molecule has 1 aliphatic rings. The maximum atomic E-state index is 13.5. The number of nitriles is 1. The summed E-state index contributed by atoms with van der Waals surface area (Å²) in [6, 6.07) is 10.1. The SMILES string of the molecule is CC(=O)C1=C(C)N(c2cccc(C(F)(F)F)c2)C(=O)N(/C=C/C(=O)O)C1c1ccc(C#N)cc1. The Morgan fingerprint density at radius 3 is 2.32 bits per heavy atom. The molecule has 0 aliphatic carbocycles. The maximum Gasteiger partial charge on any atom is 0.416 e. The second-order valence-electron chi connectivity index (χ2n) is 7.42. The number of rotatable bonds is 5. The normalized spacial score (nSPS) is 16.7. The second-order valence-corrected chi connectivity index (χ2v) is 7.42. The van der Waals surface area contributed by atoms with Gasteiger partial charge in [-0.05, 0) is 49.7 Å². The minimum atomic E-state index is -4.66. The fraction of sp³-hybridized carbons (Fsp3) is 0.167. The Morgan fingerprint density at radius 2 is 1.79 bits per heavy atom. The zero-order valence-electron chi connectivity index (χ0n) is 18.0. The van der Waals surface area contributed by atoms with Crippen LogP contribution in [-0.2, 0) is 15.8 Å². The quantitative estimate of drug-likeness (QED) is 0.620. The first-order chi connectivity index (χ1) is 16.0. The standard InChI is InChI=1S/C24H18F3N3O4/c1-14-21(15(2)31)22(17-8-6-16(13-28)7-9-17)29(11-10-20(32)33)23(34)30(14)19-5-3-4-18(12-19)24(25,26)27/h3-12,22H,1-2H3,(H,32,33)/b11-10+. The molecule has 0 aromatic heterocycles. The molecule has 0 fully saturated rings. The monoisotopic (exact) mass is 469 g/mol. The molecule has 0 radical (unpaired) electrons. The summed E-state index contributed by atoms with van der Waals surface area (Å²) >= 11 is 0. The summed E-state index contributed by atoms with van der Waals surface area (Å²) in [5.41, 5.74) is -0.201. The lowest BCUT2D eigenvalue weighted by Crippen LogP contribution is -2.48. The number of aliphatic carboxylic acids is 1. The van der Waals surface area contributed by atoms with Crippen LogP contribution in [0.15, 0.2) is 72.1 Å². The number of hydrogen-bond acceptors (Lipinski definition) is 4. The molecule has 0 saturated heterocycles. The van der Waals surface area contributed by atoms with Crippen molar-refractivity contribution in [2.45, 2.75) is 26.1 Å². The zero-order chi connectivity index (χ0) is 25.2. The van der Waals surface area contributed by atoms with Gasteiger partial charge in [0, 0.05) is 23.5 Å². The number of ketones is 1. The number of carbonyl (C=O) groups excluding carboxylic acids is 2. The number of amides is 2. The predicted molar refractivity (Wildman–Crippen MR) is 115 cm³/mol. The molecule has 34 heavy (non-hydrogen) atoms. The van der Waals surface area contributed by atoms with Crippen LogP contribution in [0.25, 0.3) is 0 Å². The van der Waals surface area contributed by atoms with Crippen LogP contribution in [0.4, 0.5) is 23.7 Å². The lowest BCUT2D eigenvalue weighted by Gasteiger charge is -2.41. The van der Waals surface area contributed by atoms with E-state index < -0.39 is 35.6 Å². The van der Waals surface area contributed by atoms with Crippen molar-refractivity contribution in [2.75, 3.05) is 4.90 Å². The van der Waals surface area contributed by atoms with Gasteiger partial charge in [0.25, 0.3) is 0 Å². The van der Waals surface area contributed by atoms with Crippen LogP contribution >= 0.6 is 0 Å². The molecule has 10 heteroatoms. The van der Waals surface area contributed by atoms with Crippen molar-refractivity contribution < 1.29 is 32.7 Å². The van der Waals surface area contributed by atoms with Gasteiger partial charge in [-0.15, -0.1) is 0 Å². The van der Waals surface area contributed by atoms with Gasteiger partial charge in [0.15, 0.2) is 5.78 Å². The van der Waals surface area contributed by atoms with Crippen molar-refractivity contribution in [1.82, 2.24) is 4.90 Å².